The molecule has 8 heteroatoms. The molecule has 1 amide bonds. The van der Waals surface area contributed by atoms with Crippen LogP contribution < -0.4 is 10.6 Å². The Hall–Kier alpha value is -2.15. The summed E-state index contributed by atoms with van der Waals surface area (Å²) in [5, 5.41) is 11.3. The second kappa shape index (κ2) is 8.25. The van der Waals surface area contributed by atoms with Crippen LogP contribution in [0.4, 0.5) is 0 Å². The monoisotopic (exact) mass is 406 g/mol. The van der Waals surface area contributed by atoms with Gasteiger partial charge in [-0.05, 0) is 12.5 Å². The number of aromatic amines is 1. The maximum atomic E-state index is 12.0. The number of fused-ring (bicyclic) bond motifs is 1. The van der Waals surface area contributed by atoms with Crippen molar-refractivity contribution in [2.45, 2.75) is 19.9 Å². The maximum Gasteiger partial charge on any atom is 0.248 e. The summed E-state index contributed by atoms with van der Waals surface area (Å²) in [4.78, 5) is 25.5. The largest absolute Gasteiger partial charge is 0.387 e. The van der Waals surface area contributed by atoms with Crippen LogP contribution in [0.3, 0.4) is 0 Å². The summed E-state index contributed by atoms with van der Waals surface area (Å²) in [6.45, 7) is 6.15. The molecule has 1 aliphatic heterocycles. The molecule has 0 radical (unpaired) electrons. The fourth-order valence-electron chi connectivity index (χ4n) is 3.27. The molecule has 0 fully saturated rings. The van der Waals surface area contributed by atoms with Crippen molar-refractivity contribution in [1.82, 2.24) is 19.9 Å². The molecule has 3 rings (SSSR count). The van der Waals surface area contributed by atoms with E-state index < -0.39 is 6.61 Å². The molecule has 0 saturated heterocycles. The van der Waals surface area contributed by atoms with Gasteiger partial charge >= 0.3 is 0 Å². The standard InChI is InChI=1S/C19H20Cl2N4O2/c1-3-13(12-7-22-11(2)23-8-12)18-14-9-25(17(27)10-26)5-4-16(14)24-19(18)15(21)6-20/h3,7-8,24,26H,1,4-6,9-10H2,2H3/b18-13+,19-15-. The van der Waals surface area contributed by atoms with Crippen molar-refractivity contribution >= 4 is 39.7 Å². The Morgan fingerprint density at radius 2 is 2.15 bits per heavy atom. The summed E-state index contributed by atoms with van der Waals surface area (Å²) in [5.41, 5.74) is 3.54. The molecule has 0 aliphatic carbocycles. The van der Waals surface area contributed by atoms with Gasteiger partial charge in [0.25, 0.3) is 0 Å². The Labute approximate surface area is 166 Å². The maximum absolute atomic E-state index is 12.0. The molecular formula is C19H20Cl2N4O2. The van der Waals surface area contributed by atoms with Crippen LogP contribution >= 0.6 is 23.2 Å². The number of allylic oxidation sites excluding steroid dienone is 1. The van der Waals surface area contributed by atoms with E-state index in [1.165, 1.54) is 0 Å². The first-order valence-electron chi connectivity index (χ1n) is 8.48. The Bertz CT molecular complexity index is 996. The molecule has 142 valence electrons. The molecular weight excluding hydrogens is 387 g/mol. The number of nitrogens with zero attached hydrogens (tertiary/aromatic N) is 3. The van der Waals surface area contributed by atoms with Gasteiger partial charge in [0.05, 0.1) is 16.3 Å². The predicted octanol–water partition coefficient (Wildman–Crippen LogP) is 0.961. The topological polar surface area (TPSA) is 82.1 Å². The van der Waals surface area contributed by atoms with Crippen LogP contribution in [-0.4, -0.2) is 49.9 Å². The molecule has 1 aliphatic rings. The van der Waals surface area contributed by atoms with Gasteiger partial charge in [0.2, 0.25) is 5.91 Å². The van der Waals surface area contributed by atoms with Crippen molar-refractivity contribution in [3.05, 3.63) is 58.3 Å². The fourth-order valence-corrected chi connectivity index (χ4v) is 3.55. The minimum atomic E-state index is -0.514. The van der Waals surface area contributed by atoms with Crippen molar-refractivity contribution in [1.29, 1.82) is 0 Å². The molecule has 2 aromatic heterocycles. The van der Waals surface area contributed by atoms with Crippen LogP contribution in [-0.2, 0) is 17.8 Å². The molecule has 0 spiro atoms. The van der Waals surface area contributed by atoms with Gasteiger partial charge in [-0.15, -0.1) is 11.6 Å². The van der Waals surface area contributed by atoms with E-state index in [4.69, 9.17) is 23.2 Å². The Morgan fingerprint density at radius 1 is 1.44 bits per heavy atom. The number of H-pyrrole nitrogens is 1. The van der Waals surface area contributed by atoms with Gasteiger partial charge in [-0.25, -0.2) is 9.97 Å². The third-order valence-corrected chi connectivity index (χ3v) is 5.34. The van der Waals surface area contributed by atoms with Gasteiger partial charge < -0.3 is 15.0 Å². The first kappa shape index (κ1) is 19.6. The summed E-state index contributed by atoms with van der Waals surface area (Å²) in [6, 6.07) is 0. The molecule has 0 saturated carbocycles. The van der Waals surface area contributed by atoms with Crippen LogP contribution in [0.15, 0.2) is 25.0 Å². The zero-order valence-electron chi connectivity index (χ0n) is 14.9. The highest BCUT2D eigenvalue weighted by molar-refractivity contribution is 6.50. The number of aryl methyl sites for hydroxylation is 1. The molecule has 0 atom stereocenters. The predicted molar refractivity (Wildman–Crippen MR) is 106 cm³/mol. The van der Waals surface area contributed by atoms with E-state index in [0.717, 1.165) is 27.6 Å². The smallest absolute Gasteiger partial charge is 0.248 e. The van der Waals surface area contributed by atoms with Crippen molar-refractivity contribution in [3.63, 3.8) is 0 Å². The lowest BCUT2D eigenvalue weighted by Gasteiger charge is -2.26. The number of alkyl halides is 1. The van der Waals surface area contributed by atoms with E-state index in [2.05, 4.69) is 21.5 Å². The zero-order valence-corrected chi connectivity index (χ0v) is 16.4. The van der Waals surface area contributed by atoms with E-state index >= 15 is 0 Å². The van der Waals surface area contributed by atoms with Gasteiger partial charge in [0.1, 0.15) is 12.4 Å². The molecule has 0 bridgehead atoms. The van der Waals surface area contributed by atoms with Crippen LogP contribution in [0, 0.1) is 6.92 Å². The Kier molecular flexibility index (Phi) is 5.99. The number of amides is 1. The molecule has 6 nitrogen and oxygen atoms in total. The van der Waals surface area contributed by atoms with E-state index in [1.807, 2.05) is 6.92 Å². The summed E-state index contributed by atoms with van der Waals surface area (Å²) >= 11 is 12.4. The molecule has 0 unspecified atom stereocenters. The van der Waals surface area contributed by atoms with Crippen molar-refractivity contribution in [2.24, 2.45) is 0 Å². The third kappa shape index (κ3) is 3.78. The van der Waals surface area contributed by atoms with Crippen molar-refractivity contribution in [2.75, 3.05) is 19.0 Å². The van der Waals surface area contributed by atoms with Gasteiger partial charge in [-0.1, -0.05) is 24.3 Å². The third-order valence-electron chi connectivity index (χ3n) is 4.61. The molecule has 0 aromatic carbocycles. The number of carbonyl (C=O) groups is 1. The number of rotatable bonds is 4. The van der Waals surface area contributed by atoms with E-state index in [-0.39, 0.29) is 11.8 Å². The lowest BCUT2D eigenvalue weighted by molar-refractivity contribution is -0.135. The summed E-state index contributed by atoms with van der Waals surface area (Å²) in [5.74, 6) is 0.520. The highest BCUT2D eigenvalue weighted by Gasteiger charge is 2.24. The van der Waals surface area contributed by atoms with Crippen molar-refractivity contribution < 1.29 is 9.90 Å². The number of hydrogen-bond acceptors (Lipinski definition) is 4. The molecule has 27 heavy (non-hydrogen) atoms. The first-order valence-corrected chi connectivity index (χ1v) is 9.40. The van der Waals surface area contributed by atoms with Crippen LogP contribution in [0.25, 0.3) is 10.6 Å². The normalized spacial score (nSPS) is 15.9. The zero-order chi connectivity index (χ0) is 19.6. The number of hydrogen-bond donors (Lipinski definition) is 2. The van der Waals surface area contributed by atoms with Crippen LogP contribution in [0.5, 0.6) is 0 Å². The summed E-state index contributed by atoms with van der Waals surface area (Å²) < 4.78 is 0. The van der Waals surface area contributed by atoms with Crippen molar-refractivity contribution in [3.8, 4) is 0 Å². The van der Waals surface area contributed by atoms with Gasteiger partial charge in [0, 0.05) is 53.9 Å². The highest BCUT2D eigenvalue weighted by atomic mass is 35.5. The molecule has 2 aromatic rings. The van der Waals surface area contributed by atoms with Crippen LogP contribution in [0.2, 0.25) is 0 Å². The SMILES string of the molecule is C=C/C(c1cnc(C)nc1)=c1/c2c([nH]/c1=C(\Cl)CCl)CCN(C(=O)CO)C2. The Morgan fingerprint density at radius 3 is 2.74 bits per heavy atom. The fraction of sp³-hybridized carbons (Fsp3) is 0.316. The van der Waals surface area contributed by atoms with E-state index in [9.17, 15) is 9.90 Å². The minimum Gasteiger partial charge on any atom is -0.387 e. The van der Waals surface area contributed by atoms with Gasteiger partial charge in [-0.3, -0.25) is 4.79 Å². The molecule has 3 heterocycles. The quantitative estimate of drug-likeness (QED) is 0.740. The lowest BCUT2D eigenvalue weighted by atomic mass is 10.00. The van der Waals surface area contributed by atoms with Gasteiger partial charge in [0.15, 0.2) is 0 Å². The highest BCUT2D eigenvalue weighted by Crippen LogP contribution is 2.17. The van der Waals surface area contributed by atoms with E-state index in [1.54, 1.807) is 23.4 Å². The van der Waals surface area contributed by atoms with Gasteiger partial charge in [-0.2, -0.15) is 0 Å². The first-order chi connectivity index (χ1) is 13.0. The molecule has 2 N–H and O–H groups in total. The summed E-state index contributed by atoms with van der Waals surface area (Å²) in [6.07, 6.45) is 5.83. The number of nitrogens with one attached hydrogen (secondary N) is 1. The lowest BCUT2D eigenvalue weighted by Crippen LogP contribution is -2.40. The Balaban J connectivity index is 2.33. The number of aliphatic hydroxyl groups is 1. The second-order valence-electron chi connectivity index (χ2n) is 6.23. The number of carbonyl (C=O) groups excluding carboxylic acids is 1. The van der Waals surface area contributed by atoms with E-state index in [0.29, 0.717) is 35.7 Å². The minimum absolute atomic E-state index is 0.155. The average Bonchev–Trinajstić information content (AvgIpc) is 3.07. The number of aromatic nitrogens is 3. The van der Waals surface area contributed by atoms with Crippen LogP contribution in [0.1, 0.15) is 22.6 Å². The number of halogens is 2. The number of aliphatic hydroxyl groups excluding tert-OH is 1. The average molecular weight is 407 g/mol. The second-order valence-corrected chi connectivity index (χ2v) is 6.95. The summed E-state index contributed by atoms with van der Waals surface area (Å²) in [7, 11) is 0.